The van der Waals surface area contributed by atoms with E-state index in [-0.39, 0.29) is 0 Å². The number of rotatable bonds is 4. The summed E-state index contributed by atoms with van der Waals surface area (Å²) in [5.41, 5.74) is 0.167. The van der Waals surface area contributed by atoms with Crippen molar-refractivity contribution in [3.63, 3.8) is 0 Å². The molecular formula is C16H24N2O4. The van der Waals surface area contributed by atoms with Crippen molar-refractivity contribution in [2.45, 2.75) is 38.9 Å². The number of hydrogen-bond acceptors (Lipinski definition) is 4. The van der Waals surface area contributed by atoms with Gasteiger partial charge in [-0.25, -0.2) is 9.59 Å². The van der Waals surface area contributed by atoms with Crippen LogP contribution in [0, 0.1) is 0 Å². The minimum Gasteiger partial charge on any atom is -0.439 e. The average Bonchev–Trinajstić information content (AvgIpc) is 2.46. The maximum absolute atomic E-state index is 11.4. The summed E-state index contributed by atoms with van der Waals surface area (Å²) in [5, 5.41) is 4.86. The van der Waals surface area contributed by atoms with Gasteiger partial charge in [0.15, 0.2) is 0 Å². The molecule has 0 unspecified atom stereocenters. The maximum atomic E-state index is 11.4. The molecule has 122 valence electrons. The molecule has 0 heterocycles. The first-order chi connectivity index (χ1) is 10.1. The molecule has 1 aromatic rings. The Bertz CT molecular complexity index is 487. The Balaban J connectivity index is 2.94. The van der Waals surface area contributed by atoms with Crippen LogP contribution in [0.3, 0.4) is 0 Å². The number of alkyl carbamates (subject to hydrolysis) is 2. The molecule has 0 aliphatic rings. The molecule has 22 heavy (non-hydrogen) atoms. The summed E-state index contributed by atoms with van der Waals surface area (Å²) in [4.78, 5) is 22.8. The second-order valence-electron chi connectivity index (χ2n) is 5.88. The van der Waals surface area contributed by atoms with Crippen LogP contribution in [0.1, 0.15) is 38.8 Å². The lowest BCUT2D eigenvalue weighted by Crippen LogP contribution is -2.32. The SMILES string of the molecule is CNC(=O)OC(C)(C)c1ccc(C(C)(C)OC(=O)NC)cc1. The Hall–Kier alpha value is -2.24. The van der Waals surface area contributed by atoms with E-state index in [0.29, 0.717) is 0 Å². The van der Waals surface area contributed by atoms with Gasteiger partial charge in [0.25, 0.3) is 0 Å². The third-order valence-electron chi connectivity index (χ3n) is 3.38. The van der Waals surface area contributed by atoms with E-state index in [9.17, 15) is 9.59 Å². The molecule has 6 nitrogen and oxygen atoms in total. The Morgan fingerprint density at radius 2 is 1.05 bits per heavy atom. The van der Waals surface area contributed by atoms with E-state index in [0.717, 1.165) is 11.1 Å². The number of benzene rings is 1. The van der Waals surface area contributed by atoms with Crippen molar-refractivity contribution in [1.82, 2.24) is 10.6 Å². The standard InChI is InChI=1S/C16H24N2O4/c1-15(2,21-13(19)17-5)11-7-9-12(10-8-11)16(3,4)22-14(20)18-6/h7-10H,1-6H3,(H,17,19)(H,18,20). The molecule has 1 aromatic carbocycles. The monoisotopic (exact) mass is 308 g/mol. The van der Waals surface area contributed by atoms with Crippen molar-refractivity contribution < 1.29 is 19.1 Å². The fourth-order valence-electron chi connectivity index (χ4n) is 1.96. The number of carbonyl (C=O) groups excluding carboxylic acids is 2. The van der Waals surface area contributed by atoms with Gasteiger partial charge in [-0.05, 0) is 38.8 Å². The van der Waals surface area contributed by atoms with Crippen LogP contribution in [-0.2, 0) is 20.7 Å². The molecule has 0 bridgehead atoms. The van der Waals surface area contributed by atoms with Gasteiger partial charge in [0, 0.05) is 14.1 Å². The van der Waals surface area contributed by atoms with Crippen LogP contribution in [0.2, 0.25) is 0 Å². The van der Waals surface area contributed by atoms with Gasteiger partial charge in [0.05, 0.1) is 0 Å². The fourth-order valence-corrected chi connectivity index (χ4v) is 1.96. The first kappa shape index (κ1) is 17.8. The molecule has 0 saturated heterocycles. The summed E-state index contributed by atoms with van der Waals surface area (Å²) in [7, 11) is 3.03. The smallest absolute Gasteiger partial charge is 0.407 e. The summed E-state index contributed by atoms with van der Waals surface area (Å²) >= 11 is 0. The summed E-state index contributed by atoms with van der Waals surface area (Å²) in [6.07, 6.45) is -0.977. The van der Waals surface area contributed by atoms with Crippen LogP contribution in [0.5, 0.6) is 0 Å². The highest BCUT2D eigenvalue weighted by Crippen LogP contribution is 2.29. The third kappa shape index (κ3) is 4.38. The van der Waals surface area contributed by atoms with E-state index in [1.54, 1.807) is 0 Å². The van der Waals surface area contributed by atoms with Crippen molar-refractivity contribution in [3.05, 3.63) is 35.4 Å². The average molecular weight is 308 g/mol. The van der Waals surface area contributed by atoms with Gasteiger partial charge in [-0.15, -0.1) is 0 Å². The quantitative estimate of drug-likeness (QED) is 0.896. The van der Waals surface area contributed by atoms with Crippen molar-refractivity contribution in [3.8, 4) is 0 Å². The highest BCUT2D eigenvalue weighted by Gasteiger charge is 2.28. The highest BCUT2D eigenvalue weighted by atomic mass is 16.6. The maximum Gasteiger partial charge on any atom is 0.407 e. The molecule has 2 N–H and O–H groups in total. The lowest BCUT2D eigenvalue weighted by molar-refractivity contribution is 0.0344. The molecule has 0 atom stereocenters. The van der Waals surface area contributed by atoms with E-state index < -0.39 is 23.4 Å². The molecule has 1 rings (SSSR count). The lowest BCUT2D eigenvalue weighted by Gasteiger charge is -2.28. The first-order valence-electron chi connectivity index (χ1n) is 7.05. The molecule has 2 amide bonds. The van der Waals surface area contributed by atoms with Crippen LogP contribution in [0.25, 0.3) is 0 Å². The number of hydrogen-bond donors (Lipinski definition) is 2. The largest absolute Gasteiger partial charge is 0.439 e. The van der Waals surface area contributed by atoms with E-state index in [1.807, 2.05) is 52.0 Å². The summed E-state index contributed by atoms with van der Waals surface area (Å²) in [6, 6.07) is 7.42. The normalized spacial score (nSPS) is 11.5. The van der Waals surface area contributed by atoms with Gasteiger partial charge in [0.1, 0.15) is 11.2 Å². The first-order valence-corrected chi connectivity index (χ1v) is 7.05. The Morgan fingerprint density at radius 3 is 1.27 bits per heavy atom. The molecule has 6 heteroatoms. The van der Waals surface area contributed by atoms with E-state index >= 15 is 0 Å². The number of amides is 2. The van der Waals surface area contributed by atoms with Crippen LogP contribution in [0.15, 0.2) is 24.3 Å². The predicted octanol–water partition coefficient (Wildman–Crippen LogP) is 2.87. The van der Waals surface area contributed by atoms with Gasteiger partial charge >= 0.3 is 12.2 Å². The summed E-state index contributed by atoms with van der Waals surface area (Å²) in [5.74, 6) is 0. The van der Waals surface area contributed by atoms with Crippen molar-refractivity contribution >= 4 is 12.2 Å². The van der Waals surface area contributed by atoms with Gasteiger partial charge in [0.2, 0.25) is 0 Å². The predicted molar refractivity (Wildman–Crippen MR) is 83.6 cm³/mol. The Kier molecular flexibility index (Phi) is 5.41. The van der Waals surface area contributed by atoms with Crippen LogP contribution in [0.4, 0.5) is 9.59 Å². The van der Waals surface area contributed by atoms with Crippen molar-refractivity contribution in [2.24, 2.45) is 0 Å². The fraction of sp³-hybridized carbons (Fsp3) is 0.500. The van der Waals surface area contributed by atoms with Gasteiger partial charge in [-0.3, -0.25) is 0 Å². The van der Waals surface area contributed by atoms with E-state index in [1.165, 1.54) is 14.1 Å². The van der Waals surface area contributed by atoms with Gasteiger partial charge in [-0.1, -0.05) is 24.3 Å². The Labute approximate surface area is 131 Å². The van der Waals surface area contributed by atoms with Gasteiger partial charge < -0.3 is 20.1 Å². The van der Waals surface area contributed by atoms with Crippen LogP contribution in [-0.4, -0.2) is 26.3 Å². The van der Waals surface area contributed by atoms with Crippen LogP contribution < -0.4 is 10.6 Å². The van der Waals surface area contributed by atoms with Crippen molar-refractivity contribution in [2.75, 3.05) is 14.1 Å². The Morgan fingerprint density at radius 1 is 0.773 bits per heavy atom. The molecule has 0 spiro atoms. The number of nitrogens with one attached hydrogen (secondary N) is 2. The summed E-state index contributed by atoms with van der Waals surface area (Å²) in [6.45, 7) is 7.24. The topological polar surface area (TPSA) is 76.7 Å². The zero-order chi connectivity index (χ0) is 17.0. The molecular weight excluding hydrogens is 284 g/mol. The zero-order valence-corrected chi connectivity index (χ0v) is 13.9. The summed E-state index contributed by atoms with van der Waals surface area (Å²) < 4.78 is 10.7. The molecule has 0 saturated carbocycles. The zero-order valence-electron chi connectivity index (χ0n) is 13.9. The lowest BCUT2D eigenvalue weighted by atomic mass is 9.92. The van der Waals surface area contributed by atoms with Crippen molar-refractivity contribution in [1.29, 1.82) is 0 Å². The molecule has 0 aliphatic carbocycles. The second-order valence-corrected chi connectivity index (χ2v) is 5.88. The third-order valence-corrected chi connectivity index (χ3v) is 3.38. The van der Waals surface area contributed by atoms with Crippen LogP contribution >= 0.6 is 0 Å². The number of carbonyl (C=O) groups is 2. The highest BCUT2D eigenvalue weighted by molar-refractivity contribution is 5.68. The van der Waals surface area contributed by atoms with E-state index in [2.05, 4.69) is 10.6 Å². The molecule has 0 fully saturated rings. The second kappa shape index (κ2) is 6.68. The molecule has 0 radical (unpaired) electrons. The van der Waals surface area contributed by atoms with E-state index in [4.69, 9.17) is 9.47 Å². The number of ether oxygens (including phenoxy) is 2. The molecule has 0 aromatic heterocycles. The minimum atomic E-state index is -0.760. The molecule has 0 aliphatic heterocycles. The minimum absolute atomic E-state index is 0.489. The van der Waals surface area contributed by atoms with Gasteiger partial charge in [-0.2, -0.15) is 0 Å².